The van der Waals surface area contributed by atoms with Gasteiger partial charge < -0.3 is 10.5 Å². The summed E-state index contributed by atoms with van der Waals surface area (Å²) < 4.78 is 9.33. The minimum Gasteiger partial charge on any atom is -0.497 e. The fraction of sp³-hybridized carbons (Fsp3) is 0.250. The van der Waals surface area contributed by atoms with Crippen LogP contribution in [0, 0.1) is 0 Å². The standard InChI is InChI=1S/C12H14N4O2S.ClH/c1-7(13)11(17)15-12-14-10(16-19-12)8-4-3-5-9(6-8)18-2;/h3-7H,13H2,1-2H3,(H,14,15,16,17);1H. The molecule has 1 heterocycles. The molecule has 0 radical (unpaired) electrons. The van der Waals surface area contributed by atoms with E-state index in [0.29, 0.717) is 11.0 Å². The lowest BCUT2D eigenvalue weighted by Crippen LogP contribution is -2.32. The van der Waals surface area contributed by atoms with Gasteiger partial charge in [0.15, 0.2) is 5.82 Å². The van der Waals surface area contributed by atoms with Crippen LogP contribution in [0.25, 0.3) is 11.4 Å². The maximum atomic E-state index is 11.4. The van der Waals surface area contributed by atoms with Crippen molar-refractivity contribution in [3.05, 3.63) is 24.3 Å². The Morgan fingerprint density at radius 1 is 1.50 bits per heavy atom. The molecule has 2 rings (SSSR count). The number of halogens is 1. The average Bonchev–Trinajstić information content (AvgIpc) is 2.87. The van der Waals surface area contributed by atoms with Crippen LogP contribution in [0.4, 0.5) is 5.13 Å². The number of anilines is 1. The molecule has 0 saturated carbocycles. The number of nitrogens with two attached hydrogens (primary N) is 1. The third-order valence-corrected chi connectivity index (χ3v) is 3.03. The molecule has 0 spiro atoms. The number of rotatable bonds is 4. The van der Waals surface area contributed by atoms with Crippen LogP contribution >= 0.6 is 23.9 Å². The van der Waals surface area contributed by atoms with Gasteiger partial charge in [0.25, 0.3) is 0 Å². The van der Waals surface area contributed by atoms with Crippen LogP contribution in [0.1, 0.15) is 6.92 Å². The van der Waals surface area contributed by atoms with Crippen molar-refractivity contribution in [3.8, 4) is 17.1 Å². The monoisotopic (exact) mass is 314 g/mol. The van der Waals surface area contributed by atoms with Gasteiger partial charge in [-0.2, -0.15) is 9.36 Å². The van der Waals surface area contributed by atoms with Gasteiger partial charge in [0.2, 0.25) is 11.0 Å². The number of nitrogens with one attached hydrogen (secondary N) is 1. The lowest BCUT2D eigenvalue weighted by Gasteiger charge is -2.03. The lowest BCUT2D eigenvalue weighted by molar-refractivity contribution is -0.117. The van der Waals surface area contributed by atoms with E-state index >= 15 is 0 Å². The Bertz CT molecular complexity index is 588. The van der Waals surface area contributed by atoms with E-state index in [2.05, 4.69) is 14.7 Å². The first-order chi connectivity index (χ1) is 9.10. The van der Waals surface area contributed by atoms with Crippen molar-refractivity contribution in [1.29, 1.82) is 0 Å². The molecule has 20 heavy (non-hydrogen) atoms. The molecule has 3 N–H and O–H groups in total. The van der Waals surface area contributed by atoms with Gasteiger partial charge in [0.1, 0.15) is 5.75 Å². The average molecular weight is 315 g/mol. The van der Waals surface area contributed by atoms with Crippen molar-refractivity contribution in [2.45, 2.75) is 13.0 Å². The third kappa shape index (κ3) is 3.89. The summed E-state index contributed by atoms with van der Waals surface area (Å²) in [5.74, 6) is 0.991. The van der Waals surface area contributed by atoms with Gasteiger partial charge in [-0.15, -0.1) is 12.4 Å². The summed E-state index contributed by atoms with van der Waals surface area (Å²) in [7, 11) is 1.60. The van der Waals surface area contributed by atoms with Crippen LogP contribution in [-0.4, -0.2) is 28.4 Å². The number of hydrogen-bond acceptors (Lipinski definition) is 6. The molecule has 1 unspecified atom stereocenters. The second-order valence-electron chi connectivity index (χ2n) is 3.93. The molecule has 0 aliphatic heterocycles. The maximum Gasteiger partial charge on any atom is 0.242 e. The SMILES string of the molecule is COc1cccc(-c2nsc(NC(=O)C(C)N)n2)c1.Cl. The molecule has 0 saturated heterocycles. The Morgan fingerprint density at radius 3 is 2.90 bits per heavy atom. The topological polar surface area (TPSA) is 90.1 Å². The molecule has 2 aromatic rings. The molecule has 1 aromatic carbocycles. The number of methoxy groups -OCH3 is 1. The van der Waals surface area contributed by atoms with E-state index in [1.165, 1.54) is 0 Å². The second-order valence-corrected chi connectivity index (χ2v) is 4.68. The highest BCUT2D eigenvalue weighted by Crippen LogP contribution is 2.24. The summed E-state index contributed by atoms with van der Waals surface area (Å²) in [6, 6.07) is 6.83. The Labute approximate surface area is 126 Å². The van der Waals surface area contributed by atoms with Crippen molar-refractivity contribution in [3.63, 3.8) is 0 Å². The predicted octanol–water partition coefficient (Wildman–Crippen LogP) is 1.92. The van der Waals surface area contributed by atoms with Gasteiger partial charge in [0, 0.05) is 17.1 Å². The van der Waals surface area contributed by atoms with Crippen molar-refractivity contribution in [2.24, 2.45) is 5.73 Å². The van der Waals surface area contributed by atoms with Gasteiger partial charge in [-0.3, -0.25) is 10.1 Å². The minimum absolute atomic E-state index is 0. The molecule has 108 valence electrons. The summed E-state index contributed by atoms with van der Waals surface area (Å²) in [6.07, 6.45) is 0. The molecule has 1 amide bonds. The molecule has 1 aromatic heterocycles. The summed E-state index contributed by atoms with van der Waals surface area (Å²) in [5.41, 5.74) is 6.30. The number of nitrogens with zero attached hydrogens (tertiary/aromatic N) is 2. The molecule has 0 fully saturated rings. The van der Waals surface area contributed by atoms with Crippen LogP contribution in [0.5, 0.6) is 5.75 Å². The van der Waals surface area contributed by atoms with E-state index in [0.717, 1.165) is 22.8 Å². The quantitative estimate of drug-likeness (QED) is 0.900. The molecular weight excluding hydrogens is 300 g/mol. The first-order valence-corrected chi connectivity index (χ1v) is 6.42. The van der Waals surface area contributed by atoms with Crippen molar-refractivity contribution >= 4 is 35.0 Å². The molecule has 0 aliphatic carbocycles. The highest BCUT2D eigenvalue weighted by atomic mass is 35.5. The smallest absolute Gasteiger partial charge is 0.242 e. The molecule has 0 aliphatic rings. The molecule has 8 heteroatoms. The normalized spacial score (nSPS) is 11.3. The van der Waals surface area contributed by atoms with E-state index < -0.39 is 6.04 Å². The number of ether oxygens (including phenoxy) is 1. The molecule has 6 nitrogen and oxygen atoms in total. The van der Waals surface area contributed by atoms with Gasteiger partial charge in [0.05, 0.1) is 13.2 Å². The number of carbonyl (C=O) groups excluding carboxylic acids is 1. The van der Waals surface area contributed by atoms with Crippen molar-refractivity contribution in [1.82, 2.24) is 9.36 Å². The summed E-state index contributed by atoms with van der Waals surface area (Å²) in [6.45, 7) is 1.61. The zero-order valence-corrected chi connectivity index (χ0v) is 12.6. The number of benzene rings is 1. The Hall–Kier alpha value is -1.70. The van der Waals surface area contributed by atoms with Crippen LogP contribution in [0.3, 0.4) is 0 Å². The number of hydrogen-bond donors (Lipinski definition) is 2. The Kier molecular flexibility index (Phi) is 5.87. The summed E-state index contributed by atoms with van der Waals surface area (Å²) >= 11 is 1.11. The predicted molar refractivity (Wildman–Crippen MR) is 81.4 cm³/mol. The van der Waals surface area contributed by atoms with Crippen molar-refractivity contribution < 1.29 is 9.53 Å². The Balaban J connectivity index is 0.00000200. The molecule has 0 bridgehead atoms. The number of aromatic nitrogens is 2. The first-order valence-electron chi connectivity index (χ1n) is 5.64. The number of carbonyl (C=O) groups is 1. The third-order valence-electron chi connectivity index (χ3n) is 2.40. The number of amides is 1. The van der Waals surface area contributed by atoms with E-state index in [1.54, 1.807) is 14.0 Å². The fourth-order valence-corrected chi connectivity index (χ4v) is 1.97. The van der Waals surface area contributed by atoms with Crippen LogP contribution < -0.4 is 15.8 Å². The van der Waals surface area contributed by atoms with Gasteiger partial charge in [-0.05, 0) is 19.1 Å². The van der Waals surface area contributed by atoms with Gasteiger partial charge >= 0.3 is 0 Å². The first kappa shape index (κ1) is 16.4. The zero-order chi connectivity index (χ0) is 13.8. The minimum atomic E-state index is -0.579. The van der Waals surface area contributed by atoms with Crippen LogP contribution in [0.15, 0.2) is 24.3 Å². The van der Waals surface area contributed by atoms with E-state index in [1.807, 2.05) is 24.3 Å². The van der Waals surface area contributed by atoms with Crippen LogP contribution in [0.2, 0.25) is 0 Å². The van der Waals surface area contributed by atoms with E-state index in [-0.39, 0.29) is 18.3 Å². The maximum absolute atomic E-state index is 11.4. The van der Waals surface area contributed by atoms with E-state index in [4.69, 9.17) is 10.5 Å². The zero-order valence-electron chi connectivity index (χ0n) is 11.0. The molecular formula is C12H15ClN4O2S. The lowest BCUT2D eigenvalue weighted by atomic mass is 10.2. The molecule has 1 atom stereocenters. The fourth-order valence-electron chi connectivity index (χ4n) is 1.37. The Morgan fingerprint density at radius 2 is 2.25 bits per heavy atom. The van der Waals surface area contributed by atoms with Gasteiger partial charge in [-0.25, -0.2) is 0 Å². The van der Waals surface area contributed by atoms with E-state index in [9.17, 15) is 4.79 Å². The highest BCUT2D eigenvalue weighted by molar-refractivity contribution is 7.10. The second kappa shape index (κ2) is 7.18. The largest absolute Gasteiger partial charge is 0.497 e. The van der Waals surface area contributed by atoms with Gasteiger partial charge in [-0.1, -0.05) is 12.1 Å². The van der Waals surface area contributed by atoms with Crippen LogP contribution in [-0.2, 0) is 4.79 Å². The highest BCUT2D eigenvalue weighted by Gasteiger charge is 2.12. The van der Waals surface area contributed by atoms with Crippen molar-refractivity contribution in [2.75, 3.05) is 12.4 Å². The summed E-state index contributed by atoms with van der Waals surface area (Å²) in [4.78, 5) is 15.7. The summed E-state index contributed by atoms with van der Waals surface area (Å²) in [5, 5.41) is 3.04.